The van der Waals surface area contributed by atoms with Gasteiger partial charge in [-0.05, 0) is 55.0 Å². The zero-order valence-corrected chi connectivity index (χ0v) is 15.7. The minimum absolute atomic E-state index is 0.114. The predicted molar refractivity (Wildman–Crippen MR) is 103 cm³/mol. The lowest BCUT2D eigenvalue weighted by Gasteiger charge is -2.09. The molecule has 0 saturated heterocycles. The minimum Gasteiger partial charge on any atom is -0.497 e. The number of carbonyl (C=O) groups excluding carboxylic acids is 1. The van der Waals surface area contributed by atoms with Gasteiger partial charge in [-0.15, -0.1) is 0 Å². The molecule has 140 valence electrons. The molecule has 0 fully saturated rings. The summed E-state index contributed by atoms with van der Waals surface area (Å²) in [4.78, 5) is 12.3. The van der Waals surface area contributed by atoms with Crippen molar-refractivity contribution in [3.63, 3.8) is 0 Å². The molecule has 1 heterocycles. The van der Waals surface area contributed by atoms with E-state index in [1.165, 1.54) is 0 Å². The SMILES string of the molecule is COc1ccc(OCc2ccc(C(=O)NCc3cc(C)nn3C)cc2)cc1. The fourth-order valence-corrected chi connectivity index (χ4v) is 2.69. The van der Waals surface area contributed by atoms with Crippen LogP contribution in [0, 0.1) is 6.92 Å². The molecule has 0 radical (unpaired) electrons. The monoisotopic (exact) mass is 365 g/mol. The van der Waals surface area contributed by atoms with Crippen molar-refractivity contribution in [1.29, 1.82) is 0 Å². The number of hydrogen-bond donors (Lipinski definition) is 1. The first kappa shape index (κ1) is 18.5. The van der Waals surface area contributed by atoms with Crippen LogP contribution in [0.3, 0.4) is 0 Å². The fraction of sp³-hybridized carbons (Fsp3) is 0.238. The van der Waals surface area contributed by atoms with E-state index in [1.807, 2.05) is 56.4 Å². The van der Waals surface area contributed by atoms with Crippen molar-refractivity contribution in [2.75, 3.05) is 7.11 Å². The Bertz CT molecular complexity index is 899. The van der Waals surface area contributed by atoms with Crippen LogP contribution in [-0.4, -0.2) is 22.8 Å². The van der Waals surface area contributed by atoms with Crippen molar-refractivity contribution in [1.82, 2.24) is 15.1 Å². The zero-order chi connectivity index (χ0) is 19.2. The van der Waals surface area contributed by atoms with E-state index in [0.29, 0.717) is 18.7 Å². The molecule has 3 aromatic rings. The summed E-state index contributed by atoms with van der Waals surface area (Å²) in [5.74, 6) is 1.44. The van der Waals surface area contributed by atoms with Crippen LogP contribution in [0.2, 0.25) is 0 Å². The molecule has 27 heavy (non-hydrogen) atoms. The second-order valence-electron chi connectivity index (χ2n) is 6.24. The summed E-state index contributed by atoms with van der Waals surface area (Å²) >= 11 is 0. The van der Waals surface area contributed by atoms with Crippen molar-refractivity contribution in [2.24, 2.45) is 7.05 Å². The van der Waals surface area contributed by atoms with Gasteiger partial charge in [0.2, 0.25) is 0 Å². The second kappa shape index (κ2) is 8.40. The quantitative estimate of drug-likeness (QED) is 0.698. The second-order valence-corrected chi connectivity index (χ2v) is 6.24. The lowest BCUT2D eigenvalue weighted by atomic mass is 10.1. The Labute approximate surface area is 158 Å². The number of aromatic nitrogens is 2. The van der Waals surface area contributed by atoms with E-state index in [2.05, 4.69) is 10.4 Å². The first-order valence-electron chi connectivity index (χ1n) is 8.68. The van der Waals surface area contributed by atoms with Crippen molar-refractivity contribution in [3.05, 3.63) is 77.1 Å². The van der Waals surface area contributed by atoms with Crippen molar-refractivity contribution < 1.29 is 14.3 Å². The highest BCUT2D eigenvalue weighted by Gasteiger charge is 2.08. The van der Waals surface area contributed by atoms with Gasteiger partial charge in [0, 0.05) is 12.6 Å². The molecule has 6 nitrogen and oxygen atoms in total. The Hall–Kier alpha value is -3.28. The molecule has 0 aliphatic carbocycles. The van der Waals surface area contributed by atoms with Crippen LogP contribution in [-0.2, 0) is 20.2 Å². The van der Waals surface area contributed by atoms with E-state index < -0.39 is 0 Å². The van der Waals surface area contributed by atoms with Crippen LogP contribution < -0.4 is 14.8 Å². The van der Waals surface area contributed by atoms with Gasteiger partial charge in [-0.1, -0.05) is 12.1 Å². The highest BCUT2D eigenvalue weighted by atomic mass is 16.5. The summed E-state index contributed by atoms with van der Waals surface area (Å²) in [7, 11) is 3.50. The summed E-state index contributed by atoms with van der Waals surface area (Å²) in [5.41, 5.74) is 3.50. The van der Waals surface area contributed by atoms with Crippen LogP contribution in [0.5, 0.6) is 11.5 Å². The van der Waals surface area contributed by atoms with E-state index in [0.717, 1.165) is 28.5 Å². The molecule has 1 N–H and O–H groups in total. The van der Waals surface area contributed by atoms with Gasteiger partial charge in [0.15, 0.2) is 0 Å². The summed E-state index contributed by atoms with van der Waals surface area (Å²) in [5, 5.41) is 7.19. The van der Waals surface area contributed by atoms with Crippen LogP contribution >= 0.6 is 0 Å². The number of aryl methyl sites for hydroxylation is 2. The number of amides is 1. The molecule has 0 aliphatic rings. The van der Waals surface area contributed by atoms with E-state index in [4.69, 9.17) is 9.47 Å². The molecule has 3 rings (SSSR count). The van der Waals surface area contributed by atoms with Gasteiger partial charge in [0.05, 0.1) is 25.0 Å². The number of carbonyl (C=O) groups is 1. The Kier molecular flexibility index (Phi) is 5.76. The molecule has 2 aromatic carbocycles. The van der Waals surface area contributed by atoms with Gasteiger partial charge < -0.3 is 14.8 Å². The average molecular weight is 365 g/mol. The summed E-state index contributed by atoms with van der Waals surface area (Å²) in [6.07, 6.45) is 0. The lowest BCUT2D eigenvalue weighted by Crippen LogP contribution is -2.24. The number of nitrogens with zero attached hydrogens (tertiary/aromatic N) is 2. The Balaban J connectivity index is 1.52. The molecule has 1 aromatic heterocycles. The Morgan fingerprint density at radius 1 is 1.07 bits per heavy atom. The summed E-state index contributed by atoms with van der Waals surface area (Å²) < 4.78 is 12.6. The van der Waals surface area contributed by atoms with E-state index >= 15 is 0 Å². The van der Waals surface area contributed by atoms with Gasteiger partial charge in [-0.3, -0.25) is 9.48 Å². The number of methoxy groups -OCH3 is 1. The summed E-state index contributed by atoms with van der Waals surface area (Å²) in [6, 6.07) is 16.8. The van der Waals surface area contributed by atoms with Gasteiger partial charge in [0.1, 0.15) is 18.1 Å². The molecule has 0 atom stereocenters. The van der Waals surface area contributed by atoms with E-state index in [1.54, 1.807) is 23.9 Å². The van der Waals surface area contributed by atoms with E-state index in [-0.39, 0.29) is 5.91 Å². The maximum Gasteiger partial charge on any atom is 0.251 e. The third-order valence-electron chi connectivity index (χ3n) is 4.21. The number of ether oxygens (including phenoxy) is 2. The topological polar surface area (TPSA) is 65.4 Å². The average Bonchev–Trinajstić information content (AvgIpc) is 3.02. The molecule has 1 amide bonds. The largest absolute Gasteiger partial charge is 0.497 e. The van der Waals surface area contributed by atoms with Crippen molar-refractivity contribution in [2.45, 2.75) is 20.1 Å². The smallest absolute Gasteiger partial charge is 0.251 e. The third-order valence-corrected chi connectivity index (χ3v) is 4.21. The van der Waals surface area contributed by atoms with Crippen LogP contribution in [0.4, 0.5) is 0 Å². The predicted octanol–water partition coefficient (Wildman–Crippen LogP) is 3.25. The Morgan fingerprint density at radius 3 is 2.33 bits per heavy atom. The van der Waals surface area contributed by atoms with Gasteiger partial charge in [-0.2, -0.15) is 5.10 Å². The molecular formula is C21H23N3O3. The van der Waals surface area contributed by atoms with Crippen LogP contribution in [0.25, 0.3) is 0 Å². The van der Waals surface area contributed by atoms with Crippen LogP contribution in [0.15, 0.2) is 54.6 Å². The molecule has 6 heteroatoms. The first-order chi connectivity index (χ1) is 13.0. The molecule has 0 saturated carbocycles. The highest BCUT2D eigenvalue weighted by Crippen LogP contribution is 2.18. The number of nitrogens with one attached hydrogen (secondary N) is 1. The maximum absolute atomic E-state index is 12.3. The van der Waals surface area contributed by atoms with E-state index in [9.17, 15) is 4.79 Å². The van der Waals surface area contributed by atoms with Gasteiger partial charge >= 0.3 is 0 Å². The first-order valence-corrected chi connectivity index (χ1v) is 8.68. The highest BCUT2D eigenvalue weighted by molar-refractivity contribution is 5.94. The van der Waals surface area contributed by atoms with Gasteiger partial charge in [0.25, 0.3) is 5.91 Å². The van der Waals surface area contributed by atoms with Crippen LogP contribution in [0.1, 0.15) is 27.3 Å². The molecule has 0 unspecified atom stereocenters. The number of benzene rings is 2. The third kappa shape index (κ3) is 4.88. The number of hydrogen-bond acceptors (Lipinski definition) is 4. The van der Waals surface area contributed by atoms with Crippen molar-refractivity contribution >= 4 is 5.91 Å². The van der Waals surface area contributed by atoms with Gasteiger partial charge in [-0.25, -0.2) is 0 Å². The standard InChI is InChI=1S/C21H23N3O3/c1-15-12-18(24(2)23-15)13-22-21(25)17-6-4-16(5-7-17)14-27-20-10-8-19(26-3)9-11-20/h4-12H,13-14H2,1-3H3,(H,22,25). The lowest BCUT2D eigenvalue weighted by molar-refractivity contribution is 0.0950. The molecular weight excluding hydrogens is 342 g/mol. The van der Waals surface area contributed by atoms with Crippen molar-refractivity contribution in [3.8, 4) is 11.5 Å². The zero-order valence-electron chi connectivity index (χ0n) is 15.7. The normalized spacial score (nSPS) is 10.5. The molecule has 0 aliphatic heterocycles. The summed E-state index contributed by atoms with van der Waals surface area (Å²) in [6.45, 7) is 2.80. The molecule has 0 bridgehead atoms. The minimum atomic E-state index is -0.114. The fourth-order valence-electron chi connectivity index (χ4n) is 2.69. The maximum atomic E-state index is 12.3. The Morgan fingerprint density at radius 2 is 1.74 bits per heavy atom. The number of rotatable bonds is 7. The molecule has 0 spiro atoms.